The number of nitrogens with two attached hydrogens (primary N) is 1. The van der Waals surface area contributed by atoms with Crippen LogP contribution in [0.2, 0.25) is 0 Å². The molecule has 0 saturated heterocycles. The number of aromatic amines is 1. The molecule has 3 amide bonds. The number of nitrogens with zero attached hydrogens (tertiary/aromatic N) is 1. The number of carbonyl (C=O) groups excluding carboxylic acids is 3. The zero-order valence-electron chi connectivity index (χ0n) is 19.9. The van der Waals surface area contributed by atoms with Gasteiger partial charge in [0.1, 0.15) is 18.1 Å². The highest BCUT2D eigenvalue weighted by molar-refractivity contribution is 5.94. The maximum absolute atomic E-state index is 13.0. The standard InChI is InChI=1S/C21H34N6O8/c1-4-10(2)16(19(32)25-14(21(34)35)7-12-8-23-9-24-12)26-20(33)17(11(3)28)27-18(31)13(22)5-6-15(29)30/h8-11,13-14,16-17,28H,4-7,22H2,1-3H3,(H,23,24)(H,25,32)(H,26,33)(H,27,31)(H,29,30)(H,34,35). The molecule has 0 aliphatic heterocycles. The van der Waals surface area contributed by atoms with Crippen LogP contribution in [0, 0.1) is 5.92 Å². The first-order valence-corrected chi connectivity index (χ1v) is 11.1. The Bertz CT molecular complexity index is 875. The highest BCUT2D eigenvalue weighted by Gasteiger charge is 2.34. The summed E-state index contributed by atoms with van der Waals surface area (Å²) in [5, 5.41) is 35.4. The van der Waals surface area contributed by atoms with Crippen LogP contribution in [0.15, 0.2) is 12.5 Å². The molecule has 1 rings (SSSR count). The van der Waals surface area contributed by atoms with E-state index in [1.807, 2.05) is 0 Å². The molecule has 196 valence electrons. The Morgan fingerprint density at radius 2 is 1.63 bits per heavy atom. The molecular weight excluding hydrogens is 464 g/mol. The number of carbonyl (C=O) groups is 5. The lowest BCUT2D eigenvalue weighted by Crippen LogP contribution is -2.61. The summed E-state index contributed by atoms with van der Waals surface area (Å²) in [5.74, 6) is -5.35. The first-order chi connectivity index (χ1) is 16.4. The summed E-state index contributed by atoms with van der Waals surface area (Å²) in [6.07, 6.45) is 1.26. The van der Waals surface area contributed by atoms with E-state index in [9.17, 15) is 34.2 Å². The molecule has 1 heterocycles. The molecule has 0 saturated carbocycles. The Labute approximate surface area is 202 Å². The van der Waals surface area contributed by atoms with Crippen molar-refractivity contribution in [3.05, 3.63) is 18.2 Å². The maximum Gasteiger partial charge on any atom is 0.326 e. The monoisotopic (exact) mass is 498 g/mol. The molecule has 14 heteroatoms. The van der Waals surface area contributed by atoms with Crippen LogP contribution in [0.25, 0.3) is 0 Å². The number of hydrogen-bond acceptors (Lipinski definition) is 8. The lowest BCUT2D eigenvalue weighted by molar-refractivity contribution is -0.143. The molecule has 1 aromatic heterocycles. The van der Waals surface area contributed by atoms with Crippen molar-refractivity contribution in [3.63, 3.8) is 0 Å². The van der Waals surface area contributed by atoms with Crippen molar-refractivity contribution >= 4 is 29.7 Å². The number of H-pyrrole nitrogens is 1. The molecule has 0 spiro atoms. The fourth-order valence-corrected chi connectivity index (χ4v) is 3.10. The van der Waals surface area contributed by atoms with Gasteiger partial charge in [-0.25, -0.2) is 9.78 Å². The minimum absolute atomic E-state index is 0.0666. The van der Waals surface area contributed by atoms with E-state index in [1.165, 1.54) is 19.4 Å². The molecule has 0 radical (unpaired) electrons. The van der Waals surface area contributed by atoms with Gasteiger partial charge < -0.3 is 42.0 Å². The average Bonchev–Trinajstić information content (AvgIpc) is 3.30. The smallest absolute Gasteiger partial charge is 0.326 e. The Balaban J connectivity index is 2.94. The second kappa shape index (κ2) is 14.0. The van der Waals surface area contributed by atoms with E-state index in [0.29, 0.717) is 12.1 Å². The highest BCUT2D eigenvalue weighted by Crippen LogP contribution is 2.10. The van der Waals surface area contributed by atoms with Crippen LogP contribution in [-0.2, 0) is 30.4 Å². The molecule has 0 aromatic carbocycles. The lowest BCUT2D eigenvalue weighted by atomic mass is 9.96. The number of carboxylic acid groups (broad SMARTS) is 2. The molecule has 35 heavy (non-hydrogen) atoms. The van der Waals surface area contributed by atoms with Crippen molar-refractivity contribution in [1.82, 2.24) is 25.9 Å². The van der Waals surface area contributed by atoms with Crippen LogP contribution < -0.4 is 21.7 Å². The molecule has 0 aliphatic rings. The molecule has 0 bridgehead atoms. The molecule has 1 aromatic rings. The van der Waals surface area contributed by atoms with E-state index in [0.717, 1.165) is 0 Å². The average molecular weight is 499 g/mol. The van der Waals surface area contributed by atoms with Gasteiger partial charge in [-0.05, 0) is 19.3 Å². The van der Waals surface area contributed by atoms with Crippen molar-refractivity contribution in [2.75, 3.05) is 0 Å². The minimum Gasteiger partial charge on any atom is -0.481 e. The predicted octanol–water partition coefficient (Wildman–Crippen LogP) is -1.89. The summed E-state index contributed by atoms with van der Waals surface area (Å²) in [4.78, 5) is 67.0. The van der Waals surface area contributed by atoms with E-state index < -0.39 is 65.8 Å². The molecule has 9 N–H and O–H groups in total. The normalized spacial score (nSPS) is 16.1. The second-order valence-electron chi connectivity index (χ2n) is 8.32. The van der Waals surface area contributed by atoms with Crippen molar-refractivity contribution in [2.24, 2.45) is 11.7 Å². The third-order valence-corrected chi connectivity index (χ3v) is 5.46. The number of aliphatic hydroxyl groups excluding tert-OH is 1. The van der Waals surface area contributed by atoms with Gasteiger partial charge in [-0.2, -0.15) is 0 Å². The van der Waals surface area contributed by atoms with Crippen molar-refractivity contribution in [3.8, 4) is 0 Å². The fraction of sp³-hybridized carbons (Fsp3) is 0.619. The fourth-order valence-electron chi connectivity index (χ4n) is 3.10. The maximum atomic E-state index is 13.0. The van der Waals surface area contributed by atoms with Gasteiger partial charge in [-0.1, -0.05) is 20.3 Å². The van der Waals surface area contributed by atoms with Crippen molar-refractivity contribution in [1.29, 1.82) is 0 Å². The first-order valence-electron chi connectivity index (χ1n) is 11.1. The van der Waals surface area contributed by atoms with E-state index in [-0.39, 0.29) is 19.3 Å². The van der Waals surface area contributed by atoms with Gasteiger partial charge >= 0.3 is 11.9 Å². The summed E-state index contributed by atoms with van der Waals surface area (Å²) in [6, 6.07) is -5.19. The SMILES string of the molecule is CCC(C)C(NC(=O)C(NC(=O)C(N)CCC(=O)O)C(C)O)C(=O)NC(Cc1cnc[nH]1)C(=O)O. The molecule has 6 unspecified atom stereocenters. The Morgan fingerprint density at radius 3 is 2.11 bits per heavy atom. The number of aromatic nitrogens is 2. The van der Waals surface area contributed by atoms with Crippen LogP contribution in [0.1, 0.15) is 45.7 Å². The predicted molar refractivity (Wildman–Crippen MR) is 122 cm³/mol. The number of imidazole rings is 1. The number of amides is 3. The van der Waals surface area contributed by atoms with Gasteiger partial charge in [-0.3, -0.25) is 19.2 Å². The zero-order chi connectivity index (χ0) is 26.7. The second-order valence-corrected chi connectivity index (χ2v) is 8.32. The summed E-state index contributed by atoms with van der Waals surface area (Å²) in [6.45, 7) is 4.69. The molecule has 0 aliphatic carbocycles. The van der Waals surface area contributed by atoms with E-state index in [1.54, 1.807) is 13.8 Å². The Hall–Kier alpha value is -3.52. The highest BCUT2D eigenvalue weighted by atomic mass is 16.4. The van der Waals surface area contributed by atoms with Gasteiger partial charge in [0.05, 0.1) is 18.5 Å². The number of rotatable bonds is 15. The van der Waals surface area contributed by atoms with Gasteiger partial charge in [0.15, 0.2) is 0 Å². The number of hydrogen-bond donors (Lipinski definition) is 8. The van der Waals surface area contributed by atoms with Crippen LogP contribution in [-0.4, -0.2) is 85.2 Å². The van der Waals surface area contributed by atoms with Gasteiger partial charge in [0.25, 0.3) is 0 Å². The van der Waals surface area contributed by atoms with Crippen LogP contribution in [0.4, 0.5) is 0 Å². The number of nitrogens with one attached hydrogen (secondary N) is 4. The van der Waals surface area contributed by atoms with E-state index >= 15 is 0 Å². The number of carboxylic acids is 2. The Kier molecular flexibility index (Phi) is 11.8. The minimum atomic E-state index is -1.49. The van der Waals surface area contributed by atoms with Crippen molar-refractivity contribution in [2.45, 2.75) is 76.7 Å². The molecule has 14 nitrogen and oxygen atoms in total. The summed E-state index contributed by atoms with van der Waals surface area (Å²) < 4.78 is 0. The summed E-state index contributed by atoms with van der Waals surface area (Å²) in [5.41, 5.74) is 6.14. The topological polar surface area (TPSA) is 237 Å². The van der Waals surface area contributed by atoms with Crippen LogP contribution in [0.3, 0.4) is 0 Å². The Morgan fingerprint density at radius 1 is 1.03 bits per heavy atom. The van der Waals surface area contributed by atoms with Gasteiger partial charge in [-0.15, -0.1) is 0 Å². The largest absolute Gasteiger partial charge is 0.481 e. The van der Waals surface area contributed by atoms with E-state index in [4.69, 9.17) is 10.8 Å². The third kappa shape index (κ3) is 9.70. The molecule has 6 atom stereocenters. The number of aliphatic hydroxyl groups is 1. The quantitative estimate of drug-likeness (QED) is 0.134. The lowest BCUT2D eigenvalue weighted by Gasteiger charge is -2.29. The summed E-state index contributed by atoms with van der Waals surface area (Å²) in [7, 11) is 0. The first kappa shape index (κ1) is 29.5. The number of aliphatic carboxylic acids is 2. The van der Waals surface area contributed by atoms with Gasteiger partial charge in [0.2, 0.25) is 17.7 Å². The summed E-state index contributed by atoms with van der Waals surface area (Å²) >= 11 is 0. The zero-order valence-corrected chi connectivity index (χ0v) is 19.9. The molecule has 0 fully saturated rings. The molecular formula is C21H34N6O8. The van der Waals surface area contributed by atoms with Crippen LogP contribution in [0.5, 0.6) is 0 Å². The van der Waals surface area contributed by atoms with E-state index in [2.05, 4.69) is 25.9 Å². The van der Waals surface area contributed by atoms with Gasteiger partial charge in [0, 0.05) is 24.7 Å². The van der Waals surface area contributed by atoms with Crippen LogP contribution >= 0.6 is 0 Å². The third-order valence-electron chi connectivity index (χ3n) is 5.46. The van der Waals surface area contributed by atoms with Crippen molar-refractivity contribution < 1.29 is 39.3 Å².